The Bertz CT molecular complexity index is 432. The van der Waals surface area contributed by atoms with Gasteiger partial charge in [0, 0.05) is 30.3 Å². The van der Waals surface area contributed by atoms with Crippen LogP contribution in [-0.2, 0) is 4.79 Å². The molecule has 5 heteroatoms. The predicted octanol–water partition coefficient (Wildman–Crippen LogP) is 2.71. The molecule has 0 radical (unpaired) electrons. The summed E-state index contributed by atoms with van der Waals surface area (Å²) in [6.07, 6.45) is 0. The molecule has 0 spiro atoms. The van der Waals surface area contributed by atoms with Crippen molar-refractivity contribution >= 4 is 28.9 Å². The van der Waals surface area contributed by atoms with E-state index in [2.05, 4.69) is 10.2 Å². The standard InChI is InChI=1S/C15H23ClN2O2/c1-4-18(9-10-19)13-7-5-12(6-8-13)17-14(20)15(2,3)11-16/h5-8,19H,4,9-11H2,1-3H3,(H,17,20). The number of rotatable bonds is 7. The topological polar surface area (TPSA) is 52.6 Å². The van der Waals surface area contributed by atoms with Crippen molar-refractivity contribution in [3.05, 3.63) is 24.3 Å². The summed E-state index contributed by atoms with van der Waals surface area (Å²) < 4.78 is 0. The minimum absolute atomic E-state index is 0.0945. The number of carbonyl (C=O) groups is 1. The molecule has 0 aliphatic rings. The molecule has 0 saturated heterocycles. The number of amides is 1. The minimum atomic E-state index is -0.591. The second kappa shape index (κ2) is 7.50. The van der Waals surface area contributed by atoms with Gasteiger partial charge >= 0.3 is 0 Å². The number of anilines is 2. The number of aliphatic hydroxyl groups is 1. The number of nitrogens with one attached hydrogen (secondary N) is 1. The SMILES string of the molecule is CCN(CCO)c1ccc(NC(=O)C(C)(C)CCl)cc1. The van der Waals surface area contributed by atoms with Crippen LogP contribution < -0.4 is 10.2 Å². The van der Waals surface area contributed by atoms with Crippen molar-refractivity contribution in [2.45, 2.75) is 20.8 Å². The summed E-state index contributed by atoms with van der Waals surface area (Å²) in [6, 6.07) is 7.58. The van der Waals surface area contributed by atoms with Crippen molar-refractivity contribution in [3.8, 4) is 0 Å². The first-order valence-corrected chi connectivity index (χ1v) is 7.31. The molecule has 0 aliphatic heterocycles. The van der Waals surface area contributed by atoms with Gasteiger partial charge in [0.25, 0.3) is 0 Å². The van der Waals surface area contributed by atoms with E-state index in [1.54, 1.807) is 0 Å². The Hall–Kier alpha value is -1.26. The summed E-state index contributed by atoms with van der Waals surface area (Å²) >= 11 is 5.78. The fourth-order valence-corrected chi connectivity index (χ4v) is 1.83. The molecule has 1 aromatic carbocycles. The molecular weight excluding hydrogens is 276 g/mol. The third-order valence-corrected chi connectivity index (χ3v) is 3.86. The molecule has 1 rings (SSSR count). The smallest absolute Gasteiger partial charge is 0.231 e. The number of hydrogen-bond donors (Lipinski definition) is 2. The van der Waals surface area contributed by atoms with E-state index in [-0.39, 0.29) is 18.4 Å². The minimum Gasteiger partial charge on any atom is -0.395 e. The second-order valence-electron chi connectivity index (χ2n) is 5.32. The summed E-state index contributed by atoms with van der Waals surface area (Å²) in [6.45, 7) is 7.20. The van der Waals surface area contributed by atoms with Crippen LogP contribution in [0.4, 0.5) is 11.4 Å². The van der Waals surface area contributed by atoms with Gasteiger partial charge in [0.05, 0.1) is 12.0 Å². The van der Waals surface area contributed by atoms with Crippen LogP contribution in [0.3, 0.4) is 0 Å². The molecular formula is C15H23ClN2O2. The maximum atomic E-state index is 12.0. The van der Waals surface area contributed by atoms with E-state index < -0.39 is 5.41 Å². The average molecular weight is 299 g/mol. The highest BCUT2D eigenvalue weighted by molar-refractivity contribution is 6.20. The molecule has 4 nitrogen and oxygen atoms in total. The van der Waals surface area contributed by atoms with Gasteiger partial charge in [-0.1, -0.05) is 0 Å². The van der Waals surface area contributed by atoms with Crippen LogP contribution >= 0.6 is 11.6 Å². The zero-order valence-corrected chi connectivity index (χ0v) is 13.1. The third kappa shape index (κ3) is 4.39. The molecule has 0 bridgehead atoms. The summed E-state index contributed by atoms with van der Waals surface area (Å²) in [5, 5.41) is 11.9. The van der Waals surface area contributed by atoms with Crippen molar-refractivity contribution in [1.29, 1.82) is 0 Å². The van der Waals surface area contributed by atoms with Crippen molar-refractivity contribution in [2.24, 2.45) is 5.41 Å². The Morgan fingerprint density at radius 2 is 1.95 bits per heavy atom. The number of halogens is 1. The molecule has 0 aromatic heterocycles. The van der Waals surface area contributed by atoms with Crippen LogP contribution in [-0.4, -0.2) is 36.6 Å². The molecule has 0 heterocycles. The number of likely N-dealkylation sites (N-methyl/N-ethyl adjacent to an activating group) is 1. The van der Waals surface area contributed by atoms with E-state index in [4.69, 9.17) is 16.7 Å². The summed E-state index contributed by atoms with van der Waals surface area (Å²) in [5.74, 6) is 0.180. The van der Waals surface area contributed by atoms with E-state index >= 15 is 0 Å². The Balaban J connectivity index is 2.74. The lowest BCUT2D eigenvalue weighted by atomic mass is 9.95. The predicted molar refractivity (Wildman–Crippen MR) is 84.5 cm³/mol. The van der Waals surface area contributed by atoms with Gasteiger partial charge in [0.1, 0.15) is 0 Å². The van der Waals surface area contributed by atoms with Gasteiger partial charge in [-0.2, -0.15) is 0 Å². The molecule has 0 fully saturated rings. The highest BCUT2D eigenvalue weighted by Crippen LogP contribution is 2.22. The fourth-order valence-electron chi connectivity index (χ4n) is 1.71. The Kier molecular flexibility index (Phi) is 6.30. The van der Waals surface area contributed by atoms with E-state index in [1.807, 2.05) is 45.0 Å². The first-order valence-electron chi connectivity index (χ1n) is 6.78. The van der Waals surface area contributed by atoms with E-state index in [0.29, 0.717) is 6.54 Å². The summed E-state index contributed by atoms with van der Waals surface area (Å²) in [7, 11) is 0. The molecule has 112 valence electrons. The molecule has 1 aromatic rings. The van der Waals surface area contributed by atoms with Crippen molar-refractivity contribution in [2.75, 3.05) is 35.8 Å². The molecule has 2 N–H and O–H groups in total. The first-order chi connectivity index (χ1) is 9.44. The highest BCUT2D eigenvalue weighted by Gasteiger charge is 2.26. The van der Waals surface area contributed by atoms with Gasteiger partial charge in [-0.05, 0) is 45.0 Å². The van der Waals surface area contributed by atoms with E-state index in [0.717, 1.165) is 17.9 Å². The molecule has 0 atom stereocenters. The number of hydrogen-bond acceptors (Lipinski definition) is 3. The number of aliphatic hydroxyl groups excluding tert-OH is 1. The Morgan fingerprint density at radius 3 is 2.40 bits per heavy atom. The third-order valence-electron chi connectivity index (χ3n) is 3.19. The normalized spacial score (nSPS) is 11.2. The average Bonchev–Trinajstić information content (AvgIpc) is 2.45. The summed E-state index contributed by atoms with van der Waals surface area (Å²) in [4.78, 5) is 14.1. The fraction of sp³-hybridized carbons (Fsp3) is 0.533. The molecule has 20 heavy (non-hydrogen) atoms. The quantitative estimate of drug-likeness (QED) is 0.761. The van der Waals surface area contributed by atoms with E-state index in [1.165, 1.54) is 0 Å². The maximum Gasteiger partial charge on any atom is 0.231 e. The lowest BCUT2D eigenvalue weighted by Crippen LogP contribution is -2.32. The second-order valence-corrected chi connectivity index (χ2v) is 5.59. The number of alkyl halides is 1. The number of benzene rings is 1. The number of nitrogens with zero attached hydrogens (tertiary/aromatic N) is 1. The van der Waals surface area contributed by atoms with Crippen LogP contribution in [0.15, 0.2) is 24.3 Å². The lowest BCUT2D eigenvalue weighted by molar-refractivity contribution is -0.122. The van der Waals surface area contributed by atoms with Gasteiger partial charge in [-0.15, -0.1) is 11.6 Å². The van der Waals surface area contributed by atoms with Crippen LogP contribution in [0.25, 0.3) is 0 Å². The van der Waals surface area contributed by atoms with E-state index in [9.17, 15) is 4.79 Å². The molecule has 0 unspecified atom stereocenters. The molecule has 0 saturated carbocycles. The van der Waals surface area contributed by atoms with Gasteiger partial charge in [0.2, 0.25) is 5.91 Å². The van der Waals surface area contributed by atoms with Crippen molar-refractivity contribution in [3.63, 3.8) is 0 Å². The molecule has 1 amide bonds. The van der Waals surface area contributed by atoms with Crippen LogP contribution in [0.5, 0.6) is 0 Å². The first kappa shape index (κ1) is 16.8. The van der Waals surface area contributed by atoms with Gasteiger partial charge in [0.15, 0.2) is 0 Å². The van der Waals surface area contributed by atoms with Crippen LogP contribution in [0.2, 0.25) is 0 Å². The monoisotopic (exact) mass is 298 g/mol. The van der Waals surface area contributed by atoms with Gasteiger partial charge < -0.3 is 15.3 Å². The van der Waals surface area contributed by atoms with Crippen molar-refractivity contribution in [1.82, 2.24) is 0 Å². The zero-order chi connectivity index (χ0) is 15.2. The highest BCUT2D eigenvalue weighted by atomic mass is 35.5. The van der Waals surface area contributed by atoms with Crippen LogP contribution in [0, 0.1) is 5.41 Å². The van der Waals surface area contributed by atoms with Crippen molar-refractivity contribution < 1.29 is 9.90 Å². The lowest BCUT2D eigenvalue weighted by Gasteiger charge is -2.23. The summed E-state index contributed by atoms with van der Waals surface area (Å²) in [5.41, 5.74) is 1.18. The van der Waals surface area contributed by atoms with Gasteiger partial charge in [-0.3, -0.25) is 4.79 Å². The number of carbonyl (C=O) groups excluding carboxylic acids is 1. The Morgan fingerprint density at radius 1 is 1.35 bits per heavy atom. The Labute approximate surface area is 125 Å². The maximum absolute atomic E-state index is 12.0. The zero-order valence-electron chi connectivity index (χ0n) is 12.3. The molecule has 0 aliphatic carbocycles. The van der Waals surface area contributed by atoms with Crippen LogP contribution in [0.1, 0.15) is 20.8 Å². The largest absolute Gasteiger partial charge is 0.395 e. The van der Waals surface area contributed by atoms with Gasteiger partial charge in [-0.25, -0.2) is 0 Å².